The minimum absolute atomic E-state index is 0.0480. The van der Waals surface area contributed by atoms with E-state index < -0.39 is 50.9 Å². The molecule has 0 aromatic carbocycles. The number of fused-ring (bicyclic) bond motifs is 1. The number of carbonyl (C=O) groups excluding carboxylic acids is 1. The summed E-state index contributed by atoms with van der Waals surface area (Å²) in [5, 5.41) is 13.0. The van der Waals surface area contributed by atoms with Crippen LogP contribution in [-0.4, -0.2) is 81.3 Å². The van der Waals surface area contributed by atoms with Gasteiger partial charge in [-0.1, -0.05) is 11.0 Å². The van der Waals surface area contributed by atoms with Crippen LogP contribution in [-0.2, 0) is 23.4 Å². The first-order chi connectivity index (χ1) is 16.6. The fourth-order valence-corrected chi connectivity index (χ4v) is 4.63. The molecule has 35 heavy (non-hydrogen) atoms. The number of carbonyl (C=O) groups is 1. The molecule has 13 nitrogen and oxygen atoms in total. The number of nitrogens with two attached hydrogens (primary N) is 1. The molecule has 6 atom stereocenters. The monoisotopic (exact) mass is 510 g/mol. The second-order valence-corrected chi connectivity index (χ2v) is 9.41. The van der Waals surface area contributed by atoms with Gasteiger partial charge in [-0.05, 0) is 24.3 Å². The fraction of sp³-hybridized carbons (Fsp3) is 0.600. The molecule has 2 aromatic heterocycles. The summed E-state index contributed by atoms with van der Waals surface area (Å²) >= 11 is 0. The van der Waals surface area contributed by atoms with Crippen LogP contribution >= 0.6 is 8.18 Å². The minimum Gasteiger partial charge on any atom is -0.468 e. The average Bonchev–Trinajstić information content (AvgIpc) is 3.56. The standard InChI is InChI=1S/C20H26FN7O6P/c1-5-20(21)14(29)12(8-33-35(31)26-10(2)17(30)32-4)34-18(20)28-9-23-13-15(27(3)11-6-7-11)24-19(22)25-16(13)28/h1,9-12,14,18,29H,6-8H2,2-4H3,(H,26,31)(H2,22,24,25)/q+1/t10-,12+,14+,18+,20+/m0/s1. The molecular weight excluding hydrogens is 484 g/mol. The number of aromatic nitrogens is 4. The van der Waals surface area contributed by atoms with E-state index in [9.17, 15) is 14.5 Å². The summed E-state index contributed by atoms with van der Waals surface area (Å²) in [6, 6.07) is -0.616. The van der Waals surface area contributed by atoms with Crippen LogP contribution in [0.2, 0.25) is 0 Å². The first kappa shape index (κ1) is 25.2. The lowest BCUT2D eigenvalue weighted by Crippen LogP contribution is -2.42. The Morgan fingerprint density at radius 1 is 1.57 bits per heavy atom. The third kappa shape index (κ3) is 4.65. The second-order valence-electron chi connectivity index (χ2n) is 8.38. The van der Waals surface area contributed by atoms with Crippen LogP contribution in [0.4, 0.5) is 16.2 Å². The van der Waals surface area contributed by atoms with E-state index in [4.69, 9.17) is 21.4 Å². The maximum Gasteiger partial charge on any atom is 0.613 e. The lowest BCUT2D eigenvalue weighted by atomic mass is 9.97. The highest BCUT2D eigenvalue weighted by Crippen LogP contribution is 2.43. The van der Waals surface area contributed by atoms with Crippen molar-refractivity contribution in [3.05, 3.63) is 6.33 Å². The molecular formula is C20H26FN7O6P+. The third-order valence-corrected chi connectivity index (χ3v) is 6.96. The predicted molar refractivity (Wildman–Crippen MR) is 122 cm³/mol. The molecule has 1 saturated carbocycles. The number of aliphatic hydroxyl groups is 1. The lowest BCUT2D eigenvalue weighted by molar-refractivity contribution is -0.142. The van der Waals surface area contributed by atoms with Crippen molar-refractivity contribution in [3.8, 4) is 12.3 Å². The van der Waals surface area contributed by atoms with E-state index in [0.717, 1.165) is 12.8 Å². The summed E-state index contributed by atoms with van der Waals surface area (Å²) in [5.74, 6) is 1.75. The number of nitrogens with one attached hydrogen (secondary N) is 1. The van der Waals surface area contributed by atoms with Gasteiger partial charge in [0.05, 0.1) is 13.4 Å². The van der Waals surface area contributed by atoms with Gasteiger partial charge in [0, 0.05) is 13.1 Å². The molecule has 15 heteroatoms. The molecule has 0 amide bonds. The third-order valence-electron chi connectivity index (χ3n) is 5.98. The molecule has 0 bridgehead atoms. The van der Waals surface area contributed by atoms with Gasteiger partial charge in [0.1, 0.15) is 24.9 Å². The Morgan fingerprint density at radius 2 is 2.29 bits per heavy atom. The highest BCUT2D eigenvalue weighted by Gasteiger charge is 2.58. The van der Waals surface area contributed by atoms with Crippen LogP contribution in [0.1, 0.15) is 26.0 Å². The largest absolute Gasteiger partial charge is 0.613 e. The maximum absolute atomic E-state index is 15.9. The molecule has 2 aliphatic rings. The topological polar surface area (TPSA) is 167 Å². The van der Waals surface area contributed by atoms with Crippen molar-refractivity contribution in [1.82, 2.24) is 24.6 Å². The van der Waals surface area contributed by atoms with Gasteiger partial charge < -0.3 is 25.2 Å². The van der Waals surface area contributed by atoms with E-state index in [2.05, 4.69) is 24.8 Å². The molecule has 3 heterocycles. The summed E-state index contributed by atoms with van der Waals surface area (Å²) in [6.45, 7) is 0.942. The van der Waals surface area contributed by atoms with E-state index in [1.165, 1.54) is 24.9 Å². The van der Waals surface area contributed by atoms with Gasteiger partial charge in [-0.3, -0.25) is 9.36 Å². The molecule has 4 rings (SSSR count). The molecule has 188 valence electrons. The number of terminal acetylenes is 1. The normalized spacial score (nSPS) is 27.4. The Kier molecular flexibility index (Phi) is 6.90. The van der Waals surface area contributed by atoms with Gasteiger partial charge in [-0.25, -0.2) is 9.37 Å². The maximum atomic E-state index is 15.9. The summed E-state index contributed by atoms with van der Waals surface area (Å²) in [4.78, 5) is 26.2. The van der Waals surface area contributed by atoms with Crippen LogP contribution in [0.3, 0.4) is 0 Å². The molecule has 4 N–H and O–H groups in total. The van der Waals surface area contributed by atoms with Gasteiger partial charge in [0.2, 0.25) is 11.6 Å². The van der Waals surface area contributed by atoms with Crippen molar-refractivity contribution < 1.29 is 32.9 Å². The summed E-state index contributed by atoms with van der Waals surface area (Å²) in [6.07, 6.45) is 4.10. The molecule has 1 aliphatic carbocycles. The first-order valence-electron chi connectivity index (χ1n) is 10.8. The zero-order valence-corrected chi connectivity index (χ0v) is 20.2. The smallest absolute Gasteiger partial charge is 0.468 e. The van der Waals surface area contributed by atoms with E-state index in [-0.39, 0.29) is 11.6 Å². The van der Waals surface area contributed by atoms with Crippen LogP contribution in [0.25, 0.3) is 11.2 Å². The molecule has 1 aliphatic heterocycles. The van der Waals surface area contributed by atoms with Crippen molar-refractivity contribution >= 4 is 37.1 Å². The SMILES string of the molecule is C#C[C@@]1(F)[C@H](O)[C@@H](CO[P+](=O)N[C@@H](C)C(=O)OC)O[C@H]1n1cnc2c(N(C)C3CC3)nc(N)nc21. The van der Waals surface area contributed by atoms with E-state index >= 15 is 4.39 Å². The van der Waals surface area contributed by atoms with Crippen molar-refractivity contribution in [2.24, 2.45) is 0 Å². The average molecular weight is 510 g/mol. The zero-order chi connectivity index (χ0) is 25.5. The van der Waals surface area contributed by atoms with Crippen LogP contribution < -0.4 is 15.7 Å². The number of hydrogen-bond acceptors (Lipinski definition) is 11. The number of methoxy groups -OCH3 is 1. The number of hydrogen-bond donors (Lipinski definition) is 3. The molecule has 0 spiro atoms. The van der Waals surface area contributed by atoms with E-state index in [1.807, 2.05) is 17.9 Å². The predicted octanol–water partition coefficient (Wildman–Crippen LogP) is 0.432. The van der Waals surface area contributed by atoms with Gasteiger partial charge in [-0.2, -0.15) is 9.97 Å². The van der Waals surface area contributed by atoms with Crippen LogP contribution in [0, 0.1) is 12.3 Å². The molecule has 2 fully saturated rings. The first-order valence-corrected chi connectivity index (χ1v) is 12.0. The Balaban J connectivity index is 1.57. The Bertz CT molecular complexity index is 1190. The van der Waals surface area contributed by atoms with Crippen molar-refractivity contribution in [1.29, 1.82) is 0 Å². The molecule has 2 aromatic rings. The van der Waals surface area contributed by atoms with Gasteiger partial charge in [-0.15, -0.1) is 10.9 Å². The number of alkyl halides is 1. The van der Waals surface area contributed by atoms with Crippen LogP contribution in [0.15, 0.2) is 6.33 Å². The molecule has 1 unspecified atom stereocenters. The van der Waals surface area contributed by atoms with Crippen molar-refractivity contribution in [3.63, 3.8) is 0 Å². The lowest BCUT2D eigenvalue weighted by Gasteiger charge is -2.24. The van der Waals surface area contributed by atoms with Crippen LogP contribution in [0.5, 0.6) is 0 Å². The Labute approximate surface area is 201 Å². The molecule has 1 saturated heterocycles. The highest BCUT2D eigenvalue weighted by atomic mass is 31.1. The number of anilines is 2. The number of aliphatic hydroxyl groups excluding tert-OH is 1. The second kappa shape index (κ2) is 9.60. The number of halogens is 1. The quantitative estimate of drug-likeness (QED) is 0.242. The summed E-state index contributed by atoms with van der Waals surface area (Å²) in [7, 11) is 0.483. The summed E-state index contributed by atoms with van der Waals surface area (Å²) in [5.41, 5.74) is 3.76. The number of esters is 1. The Hall–Kier alpha value is -2.95. The van der Waals surface area contributed by atoms with Crippen molar-refractivity contribution in [2.45, 2.75) is 56.0 Å². The fourth-order valence-electron chi connectivity index (χ4n) is 3.85. The number of rotatable bonds is 9. The zero-order valence-electron chi connectivity index (χ0n) is 19.3. The summed E-state index contributed by atoms with van der Waals surface area (Å²) < 4.78 is 44.7. The van der Waals surface area contributed by atoms with Crippen molar-refractivity contribution in [2.75, 3.05) is 31.4 Å². The highest BCUT2D eigenvalue weighted by molar-refractivity contribution is 7.36. The van der Waals surface area contributed by atoms with Gasteiger partial charge >= 0.3 is 14.1 Å². The minimum atomic E-state index is -2.69. The van der Waals surface area contributed by atoms with Gasteiger partial charge in [0.25, 0.3) is 0 Å². The number of nitrogens with zero attached hydrogens (tertiary/aromatic N) is 5. The van der Waals surface area contributed by atoms with E-state index in [1.54, 1.807) is 0 Å². The number of imidazole rings is 1. The van der Waals surface area contributed by atoms with Gasteiger partial charge in [0.15, 0.2) is 23.2 Å². The number of ether oxygens (including phenoxy) is 2. The molecule has 0 radical (unpaired) electrons. The van der Waals surface area contributed by atoms with E-state index in [0.29, 0.717) is 17.4 Å². The Morgan fingerprint density at radius 3 is 2.91 bits per heavy atom. The number of nitrogen functional groups attached to an aromatic ring is 1.